The van der Waals surface area contributed by atoms with Crippen molar-refractivity contribution < 1.29 is 4.39 Å². The van der Waals surface area contributed by atoms with E-state index in [4.69, 9.17) is 0 Å². The normalized spacial score (nSPS) is 12.4. The average Bonchev–Trinajstić information content (AvgIpc) is 2.44. The van der Waals surface area contributed by atoms with Crippen LogP contribution in [0.3, 0.4) is 0 Å². The molecule has 0 aliphatic carbocycles. The van der Waals surface area contributed by atoms with Crippen molar-refractivity contribution in [2.75, 3.05) is 13.3 Å². The van der Waals surface area contributed by atoms with Crippen molar-refractivity contribution in [1.82, 2.24) is 5.32 Å². The van der Waals surface area contributed by atoms with Gasteiger partial charge < -0.3 is 5.32 Å². The van der Waals surface area contributed by atoms with Gasteiger partial charge in [0, 0.05) is 15.4 Å². The van der Waals surface area contributed by atoms with E-state index in [1.807, 2.05) is 13.1 Å². The molecule has 4 heteroatoms. The molecule has 0 radical (unpaired) electrons. The second-order valence-electron chi connectivity index (χ2n) is 4.60. The van der Waals surface area contributed by atoms with E-state index < -0.39 is 0 Å². The Bertz CT molecular complexity index is 551. The second-order valence-corrected chi connectivity index (χ2v) is 6.39. The number of thioether (sulfide) groups is 1. The van der Waals surface area contributed by atoms with Gasteiger partial charge in [0.15, 0.2) is 0 Å². The first-order valence-corrected chi connectivity index (χ1v) is 8.40. The van der Waals surface area contributed by atoms with Crippen LogP contribution < -0.4 is 5.32 Å². The van der Waals surface area contributed by atoms with Gasteiger partial charge in [0.05, 0.1) is 0 Å². The number of hydrogen-bond donors (Lipinski definition) is 1. The van der Waals surface area contributed by atoms with Crippen molar-refractivity contribution in [3.63, 3.8) is 0 Å². The number of halogens is 2. The Hall–Kier alpha value is -0.840. The highest BCUT2D eigenvalue weighted by Crippen LogP contribution is 2.23. The Kier molecular flexibility index (Phi) is 5.64. The molecule has 2 aromatic carbocycles. The molecule has 0 saturated heterocycles. The first-order chi connectivity index (χ1) is 9.62. The predicted octanol–water partition coefficient (Wildman–Crippen LogP) is 4.81. The van der Waals surface area contributed by atoms with Crippen molar-refractivity contribution in [2.24, 2.45) is 0 Å². The van der Waals surface area contributed by atoms with E-state index in [1.165, 1.54) is 16.5 Å². The van der Waals surface area contributed by atoms with Gasteiger partial charge in [-0.2, -0.15) is 0 Å². The van der Waals surface area contributed by atoms with Crippen LogP contribution in [-0.4, -0.2) is 13.3 Å². The molecule has 0 aromatic heterocycles. The molecule has 0 heterocycles. The number of nitrogens with one attached hydrogen (secondary N) is 1. The van der Waals surface area contributed by atoms with E-state index in [2.05, 4.69) is 51.8 Å². The fourth-order valence-electron chi connectivity index (χ4n) is 2.19. The van der Waals surface area contributed by atoms with Gasteiger partial charge in [0.1, 0.15) is 5.82 Å². The lowest BCUT2D eigenvalue weighted by Crippen LogP contribution is -2.18. The number of benzene rings is 2. The summed E-state index contributed by atoms with van der Waals surface area (Å²) in [5, 5.41) is 3.30. The molecule has 0 amide bonds. The standard InChI is InChI=1S/C16H17BrFNS/c1-19-16(12-3-5-15(20-2)6-4-12)9-11-7-13(17)10-14(18)8-11/h3-8,10,16,19H,9H2,1-2H3. The molecule has 0 saturated carbocycles. The number of rotatable bonds is 5. The van der Waals surface area contributed by atoms with Crippen LogP contribution in [-0.2, 0) is 6.42 Å². The maximum Gasteiger partial charge on any atom is 0.124 e. The van der Waals surface area contributed by atoms with Crippen LogP contribution in [0.15, 0.2) is 51.8 Å². The lowest BCUT2D eigenvalue weighted by Gasteiger charge is -2.17. The summed E-state index contributed by atoms with van der Waals surface area (Å²) >= 11 is 5.07. The van der Waals surface area contributed by atoms with Gasteiger partial charge in [-0.15, -0.1) is 11.8 Å². The molecule has 0 bridgehead atoms. The van der Waals surface area contributed by atoms with Gasteiger partial charge in [-0.05, 0) is 61.2 Å². The van der Waals surface area contributed by atoms with E-state index in [9.17, 15) is 4.39 Å². The van der Waals surface area contributed by atoms with Gasteiger partial charge in [-0.25, -0.2) is 4.39 Å². The molecule has 1 atom stereocenters. The molecule has 1 N–H and O–H groups in total. The number of hydrogen-bond acceptors (Lipinski definition) is 2. The Morgan fingerprint density at radius 3 is 2.45 bits per heavy atom. The van der Waals surface area contributed by atoms with E-state index in [-0.39, 0.29) is 11.9 Å². The Labute approximate surface area is 132 Å². The van der Waals surface area contributed by atoms with Crippen molar-refractivity contribution in [3.05, 3.63) is 63.9 Å². The van der Waals surface area contributed by atoms with Crippen LogP contribution in [0.5, 0.6) is 0 Å². The highest BCUT2D eigenvalue weighted by atomic mass is 79.9. The van der Waals surface area contributed by atoms with E-state index >= 15 is 0 Å². The van der Waals surface area contributed by atoms with Crippen LogP contribution in [0, 0.1) is 5.82 Å². The minimum absolute atomic E-state index is 0.180. The molecule has 0 aliphatic rings. The monoisotopic (exact) mass is 353 g/mol. The Balaban J connectivity index is 2.19. The Morgan fingerprint density at radius 1 is 1.20 bits per heavy atom. The summed E-state index contributed by atoms with van der Waals surface area (Å²) in [5.41, 5.74) is 2.19. The largest absolute Gasteiger partial charge is 0.313 e. The van der Waals surface area contributed by atoms with Crippen molar-refractivity contribution in [3.8, 4) is 0 Å². The molecule has 1 nitrogen and oxygen atoms in total. The topological polar surface area (TPSA) is 12.0 Å². The predicted molar refractivity (Wildman–Crippen MR) is 87.8 cm³/mol. The zero-order valence-electron chi connectivity index (χ0n) is 11.5. The van der Waals surface area contributed by atoms with Gasteiger partial charge in [0.2, 0.25) is 0 Å². The maximum atomic E-state index is 13.4. The minimum Gasteiger partial charge on any atom is -0.313 e. The lowest BCUT2D eigenvalue weighted by molar-refractivity contribution is 0.583. The second kappa shape index (κ2) is 7.25. The summed E-state index contributed by atoms with van der Waals surface area (Å²) < 4.78 is 14.2. The van der Waals surface area contributed by atoms with Crippen LogP contribution in [0.25, 0.3) is 0 Å². The summed E-state index contributed by atoms with van der Waals surface area (Å²) in [4.78, 5) is 1.25. The first kappa shape index (κ1) is 15.5. The molecule has 106 valence electrons. The summed E-state index contributed by atoms with van der Waals surface area (Å²) in [6.07, 6.45) is 2.82. The van der Waals surface area contributed by atoms with Crippen molar-refractivity contribution in [1.29, 1.82) is 0 Å². The average molecular weight is 354 g/mol. The van der Waals surface area contributed by atoms with Crippen LogP contribution in [0.1, 0.15) is 17.2 Å². The van der Waals surface area contributed by atoms with E-state index in [1.54, 1.807) is 17.8 Å². The molecule has 2 rings (SSSR count). The third kappa shape index (κ3) is 4.08. The summed E-state index contributed by atoms with van der Waals surface area (Å²) in [6, 6.07) is 13.7. The van der Waals surface area contributed by atoms with Crippen molar-refractivity contribution in [2.45, 2.75) is 17.4 Å². The van der Waals surface area contributed by atoms with Gasteiger partial charge >= 0.3 is 0 Å². The minimum atomic E-state index is -0.207. The van der Waals surface area contributed by atoms with Crippen LogP contribution >= 0.6 is 27.7 Å². The van der Waals surface area contributed by atoms with E-state index in [0.717, 1.165) is 16.5 Å². The molecular formula is C16H17BrFNS. The van der Waals surface area contributed by atoms with Crippen LogP contribution in [0.2, 0.25) is 0 Å². The highest BCUT2D eigenvalue weighted by molar-refractivity contribution is 9.10. The molecule has 0 fully saturated rings. The zero-order chi connectivity index (χ0) is 14.5. The SMILES string of the molecule is CNC(Cc1cc(F)cc(Br)c1)c1ccc(SC)cc1. The summed E-state index contributed by atoms with van der Waals surface area (Å²) in [7, 11) is 1.93. The van der Waals surface area contributed by atoms with Crippen molar-refractivity contribution >= 4 is 27.7 Å². The molecule has 1 unspecified atom stereocenters. The van der Waals surface area contributed by atoms with Gasteiger partial charge in [0.25, 0.3) is 0 Å². The third-order valence-corrected chi connectivity index (χ3v) is 4.43. The highest BCUT2D eigenvalue weighted by Gasteiger charge is 2.11. The Morgan fingerprint density at radius 2 is 1.90 bits per heavy atom. The molecule has 0 spiro atoms. The smallest absolute Gasteiger partial charge is 0.124 e. The number of likely N-dealkylation sites (N-methyl/N-ethyl adjacent to an activating group) is 1. The molecule has 20 heavy (non-hydrogen) atoms. The zero-order valence-corrected chi connectivity index (χ0v) is 13.9. The quantitative estimate of drug-likeness (QED) is 0.773. The molecule has 0 aliphatic heterocycles. The fourth-order valence-corrected chi connectivity index (χ4v) is 3.11. The summed E-state index contributed by atoms with van der Waals surface area (Å²) in [6.45, 7) is 0. The van der Waals surface area contributed by atoms with E-state index in [0.29, 0.717) is 0 Å². The van der Waals surface area contributed by atoms with Crippen LogP contribution in [0.4, 0.5) is 4.39 Å². The lowest BCUT2D eigenvalue weighted by atomic mass is 9.99. The van der Waals surface area contributed by atoms with Gasteiger partial charge in [-0.3, -0.25) is 0 Å². The van der Waals surface area contributed by atoms with Gasteiger partial charge in [-0.1, -0.05) is 28.1 Å². The maximum absolute atomic E-state index is 13.4. The summed E-state index contributed by atoms with van der Waals surface area (Å²) in [5.74, 6) is -0.207. The molecular weight excluding hydrogens is 337 g/mol. The third-order valence-electron chi connectivity index (χ3n) is 3.23. The first-order valence-electron chi connectivity index (χ1n) is 6.38. The molecule has 2 aromatic rings. The fraction of sp³-hybridized carbons (Fsp3) is 0.250.